The summed E-state index contributed by atoms with van der Waals surface area (Å²) < 4.78 is 22.9. The van der Waals surface area contributed by atoms with Crippen LogP contribution in [0.2, 0.25) is 0 Å². The van der Waals surface area contributed by atoms with Crippen LogP contribution in [-0.4, -0.2) is 37.7 Å². The Hall–Kier alpha value is -2.21. The summed E-state index contributed by atoms with van der Waals surface area (Å²) in [5.41, 5.74) is 2.37. The molecule has 2 aromatic carbocycles. The highest BCUT2D eigenvalue weighted by Crippen LogP contribution is 2.26. The van der Waals surface area contributed by atoms with Gasteiger partial charge in [0.2, 0.25) is 0 Å². The van der Waals surface area contributed by atoms with Crippen molar-refractivity contribution in [1.29, 1.82) is 0 Å². The Bertz CT molecular complexity index is 703. The molecule has 0 bridgehead atoms. The van der Waals surface area contributed by atoms with Gasteiger partial charge >= 0.3 is 5.97 Å². The molecule has 0 spiro atoms. The molecule has 0 N–H and O–H groups in total. The molecule has 1 fully saturated rings. The third-order valence-corrected chi connectivity index (χ3v) is 4.66. The first kappa shape index (κ1) is 20.5. The van der Waals surface area contributed by atoms with Gasteiger partial charge < -0.3 is 18.9 Å². The number of aryl methyl sites for hydroxylation is 1. The largest absolute Gasteiger partial charge is 0.466 e. The summed E-state index contributed by atoms with van der Waals surface area (Å²) in [5, 5.41) is 0. The Morgan fingerprint density at radius 2 is 1.57 bits per heavy atom. The number of ether oxygens (including phenoxy) is 4. The summed E-state index contributed by atoms with van der Waals surface area (Å²) in [5.74, 6) is -0.305. The van der Waals surface area contributed by atoms with Crippen molar-refractivity contribution in [2.45, 2.75) is 51.3 Å². The van der Waals surface area contributed by atoms with Crippen LogP contribution in [0.3, 0.4) is 0 Å². The average molecular weight is 384 g/mol. The molecule has 1 aliphatic rings. The van der Waals surface area contributed by atoms with E-state index in [4.69, 9.17) is 18.9 Å². The first-order valence-corrected chi connectivity index (χ1v) is 9.86. The predicted molar refractivity (Wildman–Crippen MR) is 106 cm³/mol. The van der Waals surface area contributed by atoms with Crippen LogP contribution in [0.25, 0.3) is 0 Å². The fourth-order valence-electron chi connectivity index (χ4n) is 3.27. The highest BCUT2D eigenvalue weighted by atomic mass is 16.7. The Kier molecular flexibility index (Phi) is 8.03. The molecule has 150 valence electrons. The minimum atomic E-state index is -0.579. The van der Waals surface area contributed by atoms with Gasteiger partial charge in [-0.15, -0.1) is 0 Å². The third kappa shape index (κ3) is 6.44. The number of rotatable bonds is 10. The van der Waals surface area contributed by atoms with Crippen LogP contribution >= 0.6 is 0 Å². The van der Waals surface area contributed by atoms with Crippen molar-refractivity contribution in [2.24, 2.45) is 0 Å². The van der Waals surface area contributed by atoms with E-state index in [9.17, 15) is 4.79 Å². The minimum Gasteiger partial charge on any atom is -0.466 e. The van der Waals surface area contributed by atoms with Gasteiger partial charge in [0, 0.05) is 0 Å². The Morgan fingerprint density at radius 1 is 0.929 bits per heavy atom. The van der Waals surface area contributed by atoms with Gasteiger partial charge in [-0.3, -0.25) is 4.79 Å². The van der Waals surface area contributed by atoms with Crippen LogP contribution in [0.1, 0.15) is 30.9 Å². The van der Waals surface area contributed by atoms with Crippen molar-refractivity contribution in [3.8, 4) is 0 Å². The molecular weight excluding hydrogens is 356 g/mol. The van der Waals surface area contributed by atoms with Gasteiger partial charge in [0.1, 0.15) is 6.10 Å². The SMILES string of the molecule is CCOC(=O)CC1O[C@@H](COCc2ccccc2)[C@@H](CCc2ccccc2)O1. The molecule has 5 heteroatoms. The maximum Gasteiger partial charge on any atom is 0.310 e. The number of hydrogen-bond donors (Lipinski definition) is 0. The smallest absolute Gasteiger partial charge is 0.310 e. The van der Waals surface area contributed by atoms with E-state index < -0.39 is 6.29 Å². The standard InChI is InChI=1S/C23H28O5/c1-2-26-22(24)15-23-27-20(14-13-18-9-5-3-6-10-18)21(28-23)17-25-16-19-11-7-4-8-12-19/h3-12,20-21,23H,2,13-17H2,1H3/t20-,21+,23?/m1/s1. The van der Waals surface area contributed by atoms with E-state index in [2.05, 4.69) is 12.1 Å². The molecule has 1 unspecified atom stereocenters. The van der Waals surface area contributed by atoms with Gasteiger partial charge in [0.05, 0.1) is 32.3 Å². The van der Waals surface area contributed by atoms with Crippen molar-refractivity contribution < 1.29 is 23.7 Å². The zero-order chi connectivity index (χ0) is 19.6. The minimum absolute atomic E-state index is 0.102. The fraction of sp³-hybridized carbons (Fsp3) is 0.435. The van der Waals surface area contributed by atoms with Crippen LogP contribution in [0.15, 0.2) is 60.7 Å². The van der Waals surface area contributed by atoms with Gasteiger partial charge in [0.15, 0.2) is 6.29 Å². The number of carbonyl (C=O) groups is 1. The highest BCUT2D eigenvalue weighted by molar-refractivity contribution is 5.69. The lowest BCUT2D eigenvalue weighted by molar-refractivity contribution is -0.154. The molecule has 0 radical (unpaired) electrons. The number of esters is 1. The van der Waals surface area contributed by atoms with Gasteiger partial charge in [-0.05, 0) is 30.9 Å². The summed E-state index contributed by atoms with van der Waals surface area (Å²) in [6.45, 7) is 3.09. The van der Waals surface area contributed by atoms with Crippen molar-refractivity contribution in [3.05, 3.63) is 71.8 Å². The summed E-state index contributed by atoms with van der Waals surface area (Å²) >= 11 is 0. The molecule has 1 saturated heterocycles. The van der Waals surface area contributed by atoms with Crippen LogP contribution in [0, 0.1) is 0 Å². The molecule has 28 heavy (non-hydrogen) atoms. The molecule has 3 atom stereocenters. The lowest BCUT2D eigenvalue weighted by Crippen LogP contribution is -2.28. The quantitative estimate of drug-likeness (QED) is 0.582. The molecule has 0 amide bonds. The van der Waals surface area contributed by atoms with Crippen LogP contribution < -0.4 is 0 Å². The first-order valence-electron chi connectivity index (χ1n) is 9.86. The molecule has 1 aliphatic heterocycles. The van der Waals surface area contributed by atoms with Gasteiger partial charge in [-0.1, -0.05) is 60.7 Å². The molecule has 2 aromatic rings. The molecular formula is C23H28O5. The van der Waals surface area contributed by atoms with E-state index in [1.807, 2.05) is 48.5 Å². The van der Waals surface area contributed by atoms with Gasteiger partial charge in [-0.25, -0.2) is 0 Å². The maximum absolute atomic E-state index is 11.8. The van der Waals surface area contributed by atoms with Crippen molar-refractivity contribution >= 4 is 5.97 Å². The molecule has 0 aliphatic carbocycles. The van der Waals surface area contributed by atoms with E-state index in [1.54, 1.807) is 6.92 Å². The van der Waals surface area contributed by atoms with Crippen molar-refractivity contribution in [2.75, 3.05) is 13.2 Å². The Labute approximate surface area is 166 Å². The van der Waals surface area contributed by atoms with Crippen LogP contribution in [0.4, 0.5) is 0 Å². The molecule has 5 nitrogen and oxygen atoms in total. The maximum atomic E-state index is 11.8. The summed E-state index contributed by atoms with van der Waals surface area (Å²) in [4.78, 5) is 11.8. The van der Waals surface area contributed by atoms with Gasteiger partial charge in [-0.2, -0.15) is 0 Å². The van der Waals surface area contributed by atoms with Gasteiger partial charge in [0.25, 0.3) is 0 Å². The zero-order valence-corrected chi connectivity index (χ0v) is 16.3. The normalized spacial score (nSPS) is 21.5. The lowest BCUT2D eigenvalue weighted by atomic mass is 10.0. The van der Waals surface area contributed by atoms with E-state index in [-0.39, 0.29) is 24.6 Å². The van der Waals surface area contributed by atoms with E-state index >= 15 is 0 Å². The summed E-state index contributed by atoms with van der Waals surface area (Å²) in [6, 6.07) is 20.3. The number of hydrogen-bond acceptors (Lipinski definition) is 5. The molecule has 1 heterocycles. The number of carbonyl (C=O) groups excluding carboxylic acids is 1. The molecule has 0 saturated carbocycles. The Balaban J connectivity index is 1.53. The third-order valence-electron chi connectivity index (χ3n) is 4.66. The van der Waals surface area contributed by atoms with E-state index in [0.29, 0.717) is 19.8 Å². The van der Waals surface area contributed by atoms with E-state index in [1.165, 1.54) is 5.56 Å². The lowest BCUT2D eigenvalue weighted by Gasteiger charge is -2.17. The average Bonchev–Trinajstić information content (AvgIpc) is 3.09. The van der Waals surface area contributed by atoms with Crippen LogP contribution in [0.5, 0.6) is 0 Å². The van der Waals surface area contributed by atoms with Crippen molar-refractivity contribution in [1.82, 2.24) is 0 Å². The van der Waals surface area contributed by atoms with E-state index in [0.717, 1.165) is 18.4 Å². The molecule has 3 rings (SSSR count). The predicted octanol–water partition coefficient (Wildman–Crippen LogP) is 3.90. The number of benzene rings is 2. The monoisotopic (exact) mass is 384 g/mol. The topological polar surface area (TPSA) is 54.0 Å². The van der Waals surface area contributed by atoms with Crippen molar-refractivity contribution in [3.63, 3.8) is 0 Å². The fourth-order valence-corrected chi connectivity index (χ4v) is 3.27. The second-order valence-corrected chi connectivity index (χ2v) is 6.81. The first-order chi connectivity index (χ1) is 13.7. The summed E-state index contributed by atoms with van der Waals surface area (Å²) in [6.07, 6.45) is 0.899. The second kappa shape index (κ2) is 11.0. The second-order valence-electron chi connectivity index (χ2n) is 6.81. The zero-order valence-electron chi connectivity index (χ0n) is 16.3. The highest BCUT2D eigenvalue weighted by Gasteiger charge is 2.37. The van der Waals surface area contributed by atoms with Crippen LogP contribution in [-0.2, 0) is 36.8 Å². The Morgan fingerprint density at radius 3 is 2.25 bits per heavy atom. The summed E-state index contributed by atoms with van der Waals surface area (Å²) in [7, 11) is 0. The molecule has 0 aromatic heterocycles.